The van der Waals surface area contributed by atoms with E-state index in [0.29, 0.717) is 0 Å². The summed E-state index contributed by atoms with van der Waals surface area (Å²) in [5.41, 5.74) is 0.861. The van der Waals surface area contributed by atoms with E-state index in [0.717, 1.165) is 24.8 Å². The summed E-state index contributed by atoms with van der Waals surface area (Å²) >= 11 is 0. The van der Waals surface area contributed by atoms with E-state index >= 15 is 0 Å². The van der Waals surface area contributed by atoms with Gasteiger partial charge < -0.3 is 4.74 Å². The molecule has 1 rings (SSSR count). The third kappa shape index (κ3) is 2.07. The second-order valence-corrected chi connectivity index (χ2v) is 2.94. The predicted octanol–water partition coefficient (Wildman–Crippen LogP) is 2.05. The van der Waals surface area contributed by atoms with Crippen LogP contribution in [0.5, 0.6) is 0 Å². The van der Waals surface area contributed by atoms with Crippen molar-refractivity contribution in [1.29, 1.82) is 0 Å². The molecule has 2 heteroatoms. The number of unbranched alkanes of at least 4 members (excludes halogenated alkanes) is 1. The maximum atomic E-state index is 11.0. The van der Waals surface area contributed by atoms with Crippen LogP contribution in [0.3, 0.4) is 0 Å². The Morgan fingerprint density at radius 1 is 1.73 bits per heavy atom. The van der Waals surface area contributed by atoms with Gasteiger partial charge in [0, 0.05) is 12.0 Å². The summed E-state index contributed by atoms with van der Waals surface area (Å²) in [4.78, 5) is 11.0. The minimum absolute atomic E-state index is 0.0885. The van der Waals surface area contributed by atoms with E-state index < -0.39 is 0 Å². The topological polar surface area (TPSA) is 26.3 Å². The van der Waals surface area contributed by atoms with Crippen LogP contribution in [0.25, 0.3) is 0 Å². The number of hydrogen-bond donors (Lipinski definition) is 0. The summed E-state index contributed by atoms with van der Waals surface area (Å²) in [6, 6.07) is 0. The van der Waals surface area contributed by atoms with Gasteiger partial charge in [0.2, 0.25) is 0 Å². The zero-order valence-corrected chi connectivity index (χ0v) is 7.09. The fraction of sp³-hybridized carbons (Fsp3) is 0.667. The van der Waals surface area contributed by atoms with E-state index in [4.69, 9.17) is 4.74 Å². The molecule has 1 unspecified atom stereocenters. The van der Waals surface area contributed by atoms with Crippen molar-refractivity contribution >= 4 is 5.97 Å². The molecule has 1 atom stereocenters. The molecule has 0 radical (unpaired) electrons. The van der Waals surface area contributed by atoms with Gasteiger partial charge in [0.05, 0.1) is 0 Å². The van der Waals surface area contributed by atoms with Crippen molar-refractivity contribution in [2.24, 2.45) is 0 Å². The molecule has 1 heterocycles. The van der Waals surface area contributed by atoms with Gasteiger partial charge in [-0.1, -0.05) is 19.4 Å². The van der Waals surface area contributed by atoms with Gasteiger partial charge in [0.1, 0.15) is 6.10 Å². The fourth-order valence-electron chi connectivity index (χ4n) is 1.18. The SMILES string of the molecule is CCCC=C1CC(C)OC1=O. The van der Waals surface area contributed by atoms with Gasteiger partial charge in [-0.05, 0) is 13.3 Å². The van der Waals surface area contributed by atoms with Crippen LogP contribution in [0, 0.1) is 0 Å². The molecule has 1 aliphatic rings. The van der Waals surface area contributed by atoms with Crippen LogP contribution in [0.1, 0.15) is 33.1 Å². The molecule has 0 N–H and O–H groups in total. The lowest BCUT2D eigenvalue weighted by molar-refractivity contribution is -0.138. The molecule has 0 spiro atoms. The predicted molar refractivity (Wildman–Crippen MR) is 43.2 cm³/mol. The Balaban J connectivity index is 2.52. The molecule has 0 aromatic rings. The van der Waals surface area contributed by atoms with Crippen LogP contribution < -0.4 is 0 Å². The molecule has 11 heavy (non-hydrogen) atoms. The number of allylic oxidation sites excluding steroid dienone is 1. The van der Waals surface area contributed by atoms with Gasteiger partial charge in [0.25, 0.3) is 0 Å². The Bertz CT molecular complexity index is 182. The Labute approximate surface area is 67.2 Å². The van der Waals surface area contributed by atoms with Crippen LogP contribution in [-0.4, -0.2) is 12.1 Å². The van der Waals surface area contributed by atoms with Crippen molar-refractivity contribution in [3.05, 3.63) is 11.6 Å². The third-order valence-corrected chi connectivity index (χ3v) is 1.76. The highest BCUT2D eigenvalue weighted by molar-refractivity contribution is 5.90. The van der Waals surface area contributed by atoms with Crippen LogP contribution in [0.2, 0.25) is 0 Å². The maximum Gasteiger partial charge on any atom is 0.334 e. The Hall–Kier alpha value is -0.790. The van der Waals surface area contributed by atoms with Crippen molar-refractivity contribution in [2.45, 2.75) is 39.2 Å². The highest BCUT2D eigenvalue weighted by atomic mass is 16.5. The van der Waals surface area contributed by atoms with E-state index in [1.165, 1.54) is 0 Å². The molecule has 0 aliphatic carbocycles. The summed E-state index contributed by atoms with van der Waals surface area (Å²) in [7, 11) is 0. The van der Waals surface area contributed by atoms with Crippen molar-refractivity contribution in [3.8, 4) is 0 Å². The molecule has 1 saturated heterocycles. The van der Waals surface area contributed by atoms with Gasteiger partial charge in [0.15, 0.2) is 0 Å². The lowest BCUT2D eigenvalue weighted by Crippen LogP contribution is -1.99. The average molecular weight is 154 g/mol. The Kier molecular flexibility index (Phi) is 2.69. The zero-order valence-electron chi connectivity index (χ0n) is 7.09. The molecule has 0 saturated carbocycles. The van der Waals surface area contributed by atoms with E-state index in [1.807, 2.05) is 13.0 Å². The lowest BCUT2D eigenvalue weighted by Gasteiger charge is -1.94. The molecule has 0 bridgehead atoms. The third-order valence-electron chi connectivity index (χ3n) is 1.76. The standard InChI is InChI=1S/C9H14O2/c1-3-4-5-8-6-7(2)11-9(8)10/h5,7H,3-4,6H2,1-2H3. The van der Waals surface area contributed by atoms with Crippen LogP contribution >= 0.6 is 0 Å². The number of rotatable bonds is 2. The number of hydrogen-bond acceptors (Lipinski definition) is 2. The first-order valence-electron chi connectivity index (χ1n) is 4.14. The van der Waals surface area contributed by atoms with E-state index in [2.05, 4.69) is 6.92 Å². The zero-order chi connectivity index (χ0) is 8.27. The number of carbonyl (C=O) groups excluding carboxylic acids is 1. The second kappa shape index (κ2) is 3.56. The second-order valence-electron chi connectivity index (χ2n) is 2.94. The van der Waals surface area contributed by atoms with Gasteiger partial charge in [-0.2, -0.15) is 0 Å². The molecule has 0 amide bonds. The average Bonchev–Trinajstić information content (AvgIpc) is 2.26. The highest BCUT2D eigenvalue weighted by Crippen LogP contribution is 2.20. The Morgan fingerprint density at radius 3 is 2.91 bits per heavy atom. The number of carbonyl (C=O) groups is 1. The largest absolute Gasteiger partial charge is 0.459 e. The first-order chi connectivity index (χ1) is 5.24. The molecule has 1 fully saturated rings. The van der Waals surface area contributed by atoms with Crippen molar-refractivity contribution in [2.75, 3.05) is 0 Å². The fourth-order valence-corrected chi connectivity index (χ4v) is 1.18. The summed E-state index contributed by atoms with van der Waals surface area (Å²) in [5, 5.41) is 0. The minimum atomic E-state index is -0.119. The van der Waals surface area contributed by atoms with Crippen LogP contribution in [0.15, 0.2) is 11.6 Å². The number of ether oxygens (including phenoxy) is 1. The van der Waals surface area contributed by atoms with Crippen molar-refractivity contribution < 1.29 is 9.53 Å². The quantitative estimate of drug-likeness (QED) is 0.449. The number of cyclic esters (lactones) is 1. The molecule has 0 aromatic carbocycles. The first kappa shape index (κ1) is 8.31. The molecule has 2 nitrogen and oxygen atoms in total. The summed E-state index contributed by atoms with van der Waals surface area (Å²) in [6.07, 6.45) is 4.94. The molecule has 1 aliphatic heterocycles. The van der Waals surface area contributed by atoms with Crippen LogP contribution in [0.4, 0.5) is 0 Å². The van der Waals surface area contributed by atoms with Gasteiger partial charge in [-0.15, -0.1) is 0 Å². The van der Waals surface area contributed by atoms with E-state index in [9.17, 15) is 4.79 Å². The highest BCUT2D eigenvalue weighted by Gasteiger charge is 2.24. The smallest absolute Gasteiger partial charge is 0.334 e. The summed E-state index contributed by atoms with van der Waals surface area (Å²) in [5.74, 6) is -0.119. The van der Waals surface area contributed by atoms with Crippen molar-refractivity contribution in [1.82, 2.24) is 0 Å². The van der Waals surface area contributed by atoms with Crippen molar-refractivity contribution in [3.63, 3.8) is 0 Å². The summed E-state index contributed by atoms with van der Waals surface area (Å²) < 4.78 is 4.96. The number of esters is 1. The lowest BCUT2D eigenvalue weighted by atomic mass is 10.1. The minimum Gasteiger partial charge on any atom is -0.459 e. The van der Waals surface area contributed by atoms with E-state index in [-0.39, 0.29) is 12.1 Å². The Morgan fingerprint density at radius 2 is 2.45 bits per heavy atom. The van der Waals surface area contributed by atoms with Crippen LogP contribution in [-0.2, 0) is 9.53 Å². The normalized spacial score (nSPS) is 27.6. The molecular formula is C9H14O2. The molecule has 62 valence electrons. The van der Waals surface area contributed by atoms with Gasteiger partial charge >= 0.3 is 5.97 Å². The molecular weight excluding hydrogens is 140 g/mol. The van der Waals surface area contributed by atoms with Gasteiger partial charge in [-0.25, -0.2) is 4.79 Å². The van der Waals surface area contributed by atoms with Gasteiger partial charge in [-0.3, -0.25) is 0 Å². The maximum absolute atomic E-state index is 11.0. The van der Waals surface area contributed by atoms with E-state index in [1.54, 1.807) is 0 Å². The molecule has 0 aromatic heterocycles. The summed E-state index contributed by atoms with van der Waals surface area (Å²) in [6.45, 7) is 4.02. The first-order valence-corrected chi connectivity index (χ1v) is 4.14. The monoisotopic (exact) mass is 154 g/mol.